The Kier molecular flexibility index (Phi) is 19.3. The Balaban J connectivity index is 0. The summed E-state index contributed by atoms with van der Waals surface area (Å²) in [5.41, 5.74) is 1.14. The Bertz CT molecular complexity index is 972. The van der Waals surface area contributed by atoms with E-state index in [1.54, 1.807) is 67.6 Å². The van der Waals surface area contributed by atoms with Crippen LogP contribution in [0.1, 0.15) is 37.3 Å². The van der Waals surface area contributed by atoms with Crippen molar-refractivity contribution in [3.63, 3.8) is 0 Å². The van der Waals surface area contributed by atoms with Crippen molar-refractivity contribution >= 4 is 23.9 Å². The molecule has 0 saturated carbocycles. The van der Waals surface area contributed by atoms with Crippen molar-refractivity contribution in [3.05, 3.63) is 71.8 Å². The smallest absolute Gasteiger partial charge is 0.550 e. The number of carboxylic acids is 3. The van der Waals surface area contributed by atoms with E-state index in [2.05, 4.69) is 0 Å². The number of rotatable bonds is 12. The van der Waals surface area contributed by atoms with E-state index in [1.807, 2.05) is 0 Å². The van der Waals surface area contributed by atoms with E-state index in [0.29, 0.717) is 11.1 Å². The molecular weight excluding hydrogens is 497 g/mol. The van der Waals surface area contributed by atoms with Crippen molar-refractivity contribution in [1.82, 2.24) is 0 Å². The van der Waals surface area contributed by atoms with Crippen LogP contribution in [0.15, 0.2) is 60.7 Å². The Morgan fingerprint density at radius 1 is 0.722 bits per heavy atom. The first-order valence-corrected chi connectivity index (χ1v) is 10.6. The van der Waals surface area contributed by atoms with Crippen LogP contribution in [0.3, 0.4) is 0 Å². The van der Waals surface area contributed by atoms with Crippen molar-refractivity contribution in [3.8, 4) is 0 Å². The van der Waals surface area contributed by atoms with Gasteiger partial charge in [0.25, 0.3) is 0 Å². The molecule has 2 rings (SSSR count). The molecule has 5 unspecified atom stereocenters. The fourth-order valence-corrected chi connectivity index (χ4v) is 4.14. The van der Waals surface area contributed by atoms with Crippen molar-refractivity contribution in [2.24, 2.45) is 23.7 Å². The number of carbonyl (C=O) groups is 4. The van der Waals surface area contributed by atoms with Gasteiger partial charge in [-0.2, -0.15) is 0 Å². The van der Waals surface area contributed by atoms with Crippen LogP contribution in [-0.4, -0.2) is 23.9 Å². The summed E-state index contributed by atoms with van der Waals surface area (Å²) in [5, 5.41) is 36.2. The third-order valence-electron chi connectivity index (χ3n) is 5.83. The molecule has 0 aliphatic carbocycles. The van der Waals surface area contributed by atoms with Crippen LogP contribution in [-0.2, 0) is 30.5 Å². The molecule has 0 saturated heterocycles. The molecule has 0 aliphatic heterocycles. The second kappa shape index (κ2) is 18.6. The third-order valence-corrected chi connectivity index (χ3v) is 5.83. The van der Waals surface area contributed by atoms with Crippen LogP contribution in [0.2, 0.25) is 0 Å². The van der Waals surface area contributed by atoms with Crippen LogP contribution < -0.4 is 104 Å². The number of benzene rings is 2. The topological polar surface area (TPSA) is 147 Å². The predicted molar refractivity (Wildman–Crippen MR) is 110 cm³/mol. The number of ether oxygens (including phenoxy) is 1. The van der Waals surface area contributed by atoms with Crippen molar-refractivity contribution in [2.75, 3.05) is 0 Å². The first-order valence-electron chi connectivity index (χ1n) is 10.6. The van der Waals surface area contributed by atoms with Crippen LogP contribution in [0.5, 0.6) is 0 Å². The summed E-state index contributed by atoms with van der Waals surface area (Å²) in [4.78, 5) is 48.8. The monoisotopic (exact) mass is 522 g/mol. The molecule has 0 aromatic heterocycles. The average molecular weight is 522 g/mol. The van der Waals surface area contributed by atoms with E-state index in [1.165, 1.54) is 6.92 Å². The molecule has 0 N–H and O–H groups in total. The molecule has 0 amide bonds. The van der Waals surface area contributed by atoms with E-state index < -0.39 is 53.5 Å². The molecule has 0 bridgehead atoms. The molecule has 36 heavy (non-hydrogen) atoms. The van der Waals surface area contributed by atoms with E-state index in [0.717, 1.165) is 0 Å². The summed E-state index contributed by atoms with van der Waals surface area (Å²) < 4.78 is 5.16. The standard InChI is InChI=1S/C25H28O8.3Na/c1-3-18(17-12-8-5-9-13-17)20(23(28)29)21(24(30)31)19(22(26)27)15(2)25(32)33-14-16-10-6-4-7-11-16;;;/h4-13,15,18-21H,3,14H2,1-2H3,(H,26,27)(H,28,29)(H,30,31);;;/q;3*+1/p-3. The largest absolute Gasteiger partial charge is 1.00 e. The van der Waals surface area contributed by atoms with Crippen LogP contribution in [0, 0.1) is 23.7 Å². The molecule has 0 radical (unpaired) electrons. The number of carboxylic acid groups (broad SMARTS) is 3. The van der Waals surface area contributed by atoms with E-state index in [9.17, 15) is 34.5 Å². The Hall–Kier alpha value is -0.680. The number of esters is 1. The molecule has 2 aromatic rings. The van der Waals surface area contributed by atoms with E-state index in [-0.39, 0.29) is 102 Å². The normalized spacial score (nSPS) is 14.2. The van der Waals surface area contributed by atoms with Gasteiger partial charge >= 0.3 is 94.6 Å². The summed E-state index contributed by atoms with van der Waals surface area (Å²) in [6, 6.07) is 16.8. The van der Waals surface area contributed by atoms with Gasteiger partial charge in [0.05, 0.1) is 5.92 Å². The fraction of sp³-hybridized carbons (Fsp3) is 0.360. The van der Waals surface area contributed by atoms with E-state index >= 15 is 0 Å². The molecule has 0 heterocycles. The van der Waals surface area contributed by atoms with Crippen LogP contribution in [0.4, 0.5) is 0 Å². The number of aliphatic carboxylic acids is 3. The van der Waals surface area contributed by atoms with Crippen LogP contribution in [0.25, 0.3) is 0 Å². The molecule has 176 valence electrons. The van der Waals surface area contributed by atoms with Gasteiger partial charge < -0.3 is 34.4 Å². The molecule has 0 spiro atoms. The van der Waals surface area contributed by atoms with Gasteiger partial charge in [-0.05, 0) is 23.5 Å². The van der Waals surface area contributed by atoms with Gasteiger partial charge in [0.2, 0.25) is 0 Å². The van der Waals surface area contributed by atoms with Gasteiger partial charge in [-0.25, -0.2) is 0 Å². The summed E-state index contributed by atoms with van der Waals surface area (Å²) in [6.07, 6.45) is 0.180. The Labute approximate surface area is 277 Å². The third kappa shape index (κ3) is 10.2. The molecule has 0 fully saturated rings. The minimum atomic E-state index is -2.09. The molecular formula is C25H25Na3O8. The molecule has 0 aliphatic rings. The number of carbonyl (C=O) groups excluding carboxylic acids is 4. The molecule has 5 atom stereocenters. The molecule has 8 nitrogen and oxygen atoms in total. The van der Waals surface area contributed by atoms with Gasteiger partial charge in [0, 0.05) is 35.7 Å². The zero-order valence-electron chi connectivity index (χ0n) is 21.3. The quantitative estimate of drug-likeness (QED) is 0.197. The van der Waals surface area contributed by atoms with Crippen molar-refractivity contribution < 1.29 is 128 Å². The maximum atomic E-state index is 12.6. The Morgan fingerprint density at radius 2 is 1.17 bits per heavy atom. The summed E-state index contributed by atoms with van der Waals surface area (Å²) in [5.74, 6) is -14.9. The zero-order valence-corrected chi connectivity index (χ0v) is 27.3. The second-order valence-corrected chi connectivity index (χ2v) is 7.84. The van der Waals surface area contributed by atoms with Gasteiger partial charge in [0.1, 0.15) is 6.61 Å². The predicted octanol–water partition coefficient (Wildman–Crippen LogP) is -9.33. The van der Waals surface area contributed by atoms with Crippen molar-refractivity contribution in [1.29, 1.82) is 0 Å². The van der Waals surface area contributed by atoms with Gasteiger partial charge in [0.15, 0.2) is 0 Å². The Morgan fingerprint density at radius 3 is 1.58 bits per heavy atom. The maximum absolute atomic E-state index is 12.6. The van der Waals surface area contributed by atoms with Crippen molar-refractivity contribution in [2.45, 2.75) is 32.8 Å². The van der Waals surface area contributed by atoms with Gasteiger partial charge in [-0.3, -0.25) is 4.79 Å². The van der Waals surface area contributed by atoms with Crippen LogP contribution >= 0.6 is 0 Å². The van der Waals surface area contributed by atoms with Gasteiger partial charge in [-0.15, -0.1) is 0 Å². The zero-order chi connectivity index (χ0) is 24.5. The maximum Gasteiger partial charge on any atom is 1.00 e. The minimum Gasteiger partial charge on any atom is -0.550 e. The SMILES string of the molecule is CCC(c1ccccc1)C(C(=O)[O-])C(C(=O)[O-])C(C(=O)[O-])C(C)C(=O)OCc1ccccc1.[Na+].[Na+].[Na+]. The molecule has 11 heteroatoms. The minimum absolute atomic E-state index is 0. The average Bonchev–Trinajstić information content (AvgIpc) is 2.80. The fourth-order valence-electron chi connectivity index (χ4n) is 4.14. The second-order valence-electron chi connectivity index (χ2n) is 7.84. The summed E-state index contributed by atoms with van der Waals surface area (Å²) in [6.45, 7) is 2.65. The first kappa shape index (κ1) is 37.5. The molecule has 2 aromatic carbocycles. The summed E-state index contributed by atoms with van der Waals surface area (Å²) in [7, 11) is 0. The summed E-state index contributed by atoms with van der Waals surface area (Å²) >= 11 is 0. The number of hydrogen-bond donors (Lipinski definition) is 0. The number of hydrogen-bond acceptors (Lipinski definition) is 8. The van der Waals surface area contributed by atoms with Gasteiger partial charge in [-0.1, -0.05) is 74.5 Å². The van der Waals surface area contributed by atoms with E-state index in [4.69, 9.17) is 4.74 Å². The first-order chi connectivity index (χ1) is 15.7.